The summed E-state index contributed by atoms with van der Waals surface area (Å²) in [5, 5.41) is 6.64. The van der Waals surface area contributed by atoms with Gasteiger partial charge in [0.05, 0.1) is 0 Å². The van der Waals surface area contributed by atoms with E-state index in [-0.39, 0.29) is 17.6 Å². The number of hydrogen-bond acceptors (Lipinski definition) is 3. The van der Waals surface area contributed by atoms with Crippen molar-refractivity contribution in [1.29, 1.82) is 0 Å². The van der Waals surface area contributed by atoms with E-state index < -0.39 is 5.60 Å². The maximum atomic E-state index is 12.0. The zero-order valence-electron chi connectivity index (χ0n) is 12.6. The van der Waals surface area contributed by atoms with Crippen LogP contribution in [0.15, 0.2) is 0 Å². The van der Waals surface area contributed by atoms with Gasteiger partial charge in [-0.3, -0.25) is 0 Å². The van der Waals surface area contributed by atoms with E-state index in [1.54, 1.807) is 0 Å². The second-order valence-electron chi connectivity index (χ2n) is 7.09. The average Bonchev–Trinajstić information content (AvgIpc) is 2.31. The van der Waals surface area contributed by atoms with E-state index in [9.17, 15) is 4.79 Å². The molecule has 110 valence electrons. The van der Waals surface area contributed by atoms with Gasteiger partial charge in [-0.2, -0.15) is 0 Å². The Morgan fingerprint density at radius 1 is 1.26 bits per heavy atom. The summed E-state index contributed by atoms with van der Waals surface area (Å²) >= 11 is 0. The zero-order valence-corrected chi connectivity index (χ0v) is 12.6. The molecule has 0 radical (unpaired) electrons. The molecule has 2 N–H and O–H groups in total. The van der Waals surface area contributed by atoms with Crippen LogP contribution in [0.2, 0.25) is 0 Å². The molecule has 1 amide bonds. The molecule has 1 saturated heterocycles. The smallest absolute Gasteiger partial charge is 0.407 e. The van der Waals surface area contributed by atoms with Gasteiger partial charge in [0, 0.05) is 18.0 Å². The van der Waals surface area contributed by atoms with E-state index in [1.807, 2.05) is 20.8 Å². The average molecular weight is 268 g/mol. The van der Waals surface area contributed by atoms with Crippen molar-refractivity contribution >= 4 is 6.09 Å². The molecule has 1 atom stereocenters. The summed E-state index contributed by atoms with van der Waals surface area (Å²) in [6.45, 7) is 7.75. The van der Waals surface area contributed by atoms with Gasteiger partial charge in [-0.25, -0.2) is 4.79 Å². The maximum Gasteiger partial charge on any atom is 0.407 e. The molecule has 4 heteroatoms. The topological polar surface area (TPSA) is 50.4 Å². The second-order valence-corrected chi connectivity index (χ2v) is 7.09. The number of amides is 1. The molecule has 0 aromatic carbocycles. The maximum absolute atomic E-state index is 12.0. The Hall–Kier alpha value is -0.770. The fraction of sp³-hybridized carbons (Fsp3) is 0.933. The first-order valence-electron chi connectivity index (χ1n) is 7.62. The predicted molar refractivity (Wildman–Crippen MR) is 76.2 cm³/mol. The number of piperidine rings is 1. The Balaban J connectivity index is 1.98. The lowest BCUT2D eigenvalue weighted by Gasteiger charge is -2.47. The summed E-state index contributed by atoms with van der Waals surface area (Å²) in [5.41, 5.74) is -0.163. The van der Waals surface area contributed by atoms with Gasteiger partial charge in [0.1, 0.15) is 5.60 Å². The van der Waals surface area contributed by atoms with Crippen molar-refractivity contribution < 1.29 is 9.53 Å². The first-order chi connectivity index (χ1) is 8.91. The third-order valence-electron chi connectivity index (χ3n) is 4.37. The summed E-state index contributed by atoms with van der Waals surface area (Å²) in [6, 6.07) is 0.267. The lowest BCUT2D eigenvalue weighted by atomic mass is 9.66. The highest BCUT2D eigenvalue weighted by molar-refractivity contribution is 5.68. The van der Waals surface area contributed by atoms with Crippen molar-refractivity contribution in [3.05, 3.63) is 0 Å². The van der Waals surface area contributed by atoms with E-state index in [4.69, 9.17) is 4.74 Å². The van der Waals surface area contributed by atoms with Gasteiger partial charge in [0.25, 0.3) is 0 Å². The van der Waals surface area contributed by atoms with Crippen LogP contribution in [0.25, 0.3) is 0 Å². The second kappa shape index (κ2) is 5.70. The van der Waals surface area contributed by atoms with Crippen LogP contribution in [0, 0.1) is 5.41 Å². The zero-order chi connectivity index (χ0) is 13.9. The van der Waals surface area contributed by atoms with Crippen LogP contribution >= 0.6 is 0 Å². The molecule has 19 heavy (non-hydrogen) atoms. The molecule has 1 aliphatic heterocycles. The monoisotopic (exact) mass is 268 g/mol. The number of carbonyl (C=O) groups is 1. The molecule has 0 aromatic rings. The molecule has 2 rings (SSSR count). The van der Waals surface area contributed by atoms with E-state index >= 15 is 0 Å². The van der Waals surface area contributed by atoms with Crippen LogP contribution in [0.4, 0.5) is 4.79 Å². The van der Waals surface area contributed by atoms with Crippen LogP contribution < -0.4 is 10.6 Å². The third kappa shape index (κ3) is 3.85. The van der Waals surface area contributed by atoms with Crippen molar-refractivity contribution in [2.75, 3.05) is 13.1 Å². The largest absolute Gasteiger partial charge is 0.444 e. The number of rotatable bonds is 1. The molecule has 1 spiro atoms. The predicted octanol–water partition coefficient (Wildman–Crippen LogP) is 2.82. The molecule has 1 heterocycles. The van der Waals surface area contributed by atoms with Gasteiger partial charge in [0.2, 0.25) is 0 Å². The Bertz CT molecular complexity index is 308. The summed E-state index contributed by atoms with van der Waals surface area (Å²) in [6.07, 6.45) is 7.10. The summed E-state index contributed by atoms with van der Waals surface area (Å²) in [4.78, 5) is 12.0. The molecule has 0 aromatic heterocycles. The Morgan fingerprint density at radius 3 is 2.58 bits per heavy atom. The fourth-order valence-electron chi connectivity index (χ4n) is 3.47. The summed E-state index contributed by atoms with van der Waals surface area (Å²) in [5.74, 6) is 0. The van der Waals surface area contributed by atoms with Crippen LogP contribution in [0.5, 0.6) is 0 Å². The van der Waals surface area contributed by atoms with Crippen molar-refractivity contribution in [3.63, 3.8) is 0 Å². The van der Waals surface area contributed by atoms with Crippen LogP contribution in [-0.4, -0.2) is 30.8 Å². The van der Waals surface area contributed by atoms with Gasteiger partial charge in [0.15, 0.2) is 0 Å². The highest BCUT2D eigenvalue weighted by Gasteiger charge is 2.42. The van der Waals surface area contributed by atoms with Crippen LogP contribution in [-0.2, 0) is 4.74 Å². The minimum Gasteiger partial charge on any atom is -0.444 e. The normalized spacial score (nSPS) is 27.0. The van der Waals surface area contributed by atoms with E-state index in [1.165, 1.54) is 32.1 Å². The first-order valence-corrected chi connectivity index (χ1v) is 7.62. The van der Waals surface area contributed by atoms with E-state index in [0.717, 1.165) is 19.5 Å². The Morgan fingerprint density at radius 2 is 1.95 bits per heavy atom. The van der Waals surface area contributed by atoms with Crippen molar-refractivity contribution in [2.24, 2.45) is 5.41 Å². The highest BCUT2D eigenvalue weighted by Crippen LogP contribution is 2.41. The minimum absolute atomic E-state index is 0.257. The van der Waals surface area contributed by atoms with Crippen molar-refractivity contribution in [3.8, 4) is 0 Å². The van der Waals surface area contributed by atoms with Gasteiger partial charge in [-0.15, -0.1) is 0 Å². The molecule has 1 unspecified atom stereocenters. The summed E-state index contributed by atoms with van der Waals surface area (Å²) < 4.78 is 5.40. The standard InChI is InChI=1S/C15H28N2O2/c1-14(2,3)19-13(18)17-12-7-10-16-11-15(12)8-5-4-6-9-15/h12,16H,4-11H2,1-3H3,(H,17,18). The number of nitrogens with one attached hydrogen (secondary N) is 2. The summed E-state index contributed by atoms with van der Waals surface area (Å²) in [7, 11) is 0. The molecule has 2 aliphatic rings. The van der Waals surface area contributed by atoms with E-state index in [0.29, 0.717) is 0 Å². The number of hydrogen-bond donors (Lipinski definition) is 2. The minimum atomic E-state index is -0.420. The molecule has 0 bridgehead atoms. The Kier molecular flexibility index (Phi) is 4.39. The molecule has 1 aliphatic carbocycles. The van der Waals surface area contributed by atoms with Crippen molar-refractivity contribution in [1.82, 2.24) is 10.6 Å². The molecule has 1 saturated carbocycles. The number of carbonyl (C=O) groups excluding carboxylic acids is 1. The van der Waals surface area contributed by atoms with Gasteiger partial charge >= 0.3 is 6.09 Å². The van der Waals surface area contributed by atoms with Crippen LogP contribution in [0.3, 0.4) is 0 Å². The van der Waals surface area contributed by atoms with Crippen molar-refractivity contribution in [2.45, 2.75) is 70.9 Å². The first kappa shape index (κ1) is 14.6. The lowest BCUT2D eigenvalue weighted by molar-refractivity contribution is 0.0337. The van der Waals surface area contributed by atoms with Gasteiger partial charge < -0.3 is 15.4 Å². The molecular formula is C15H28N2O2. The fourth-order valence-corrected chi connectivity index (χ4v) is 3.47. The number of ether oxygens (including phenoxy) is 1. The third-order valence-corrected chi connectivity index (χ3v) is 4.37. The molecule has 2 fully saturated rings. The Labute approximate surface area is 116 Å². The number of alkyl carbamates (subject to hydrolysis) is 1. The van der Waals surface area contributed by atoms with Crippen LogP contribution in [0.1, 0.15) is 59.3 Å². The van der Waals surface area contributed by atoms with Gasteiger partial charge in [-0.05, 0) is 46.6 Å². The quantitative estimate of drug-likeness (QED) is 0.769. The SMILES string of the molecule is CC(C)(C)OC(=O)NC1CCNCC12CCCCC2. The lowest BCUT2D eigenvalue weighted by Crippen LogP contribution is -2.58. The molecular weight excluding hydrogens is 240 g/mol. The molecule has 4 nitrogen and oxygen atoms in total. The van der Waals surface area contributed by atoms with Gasteiger partial charge in [-0.1, -0.05) is 19.3 Å². The highest BCUT2D eigenvalue weighted by atomic mass is 16.6. The van der Waals surface area contributed by atoms with E-state index in [2.05, 4.69) is 10.6 Å².